The Morgan fingerprint density at radius 1 is 0.917 bits per heavy atom. The summed E-state index contributed by atoms with van der Waals surface area (Å²) in [5.74, 6) is -3.67. The molecule has 0 spiro atoms. The Kier molecular flexibility index (Phi) is 3.92. The summed E-state index contributed by atoms with van der Waals surface area (Å²) in [6.07, 6.45) is 0. The van der Waals surface area contributed by atoms with Crippen LogP contribution >= 0.6 is 0 Å². The lowest BCUT2D eigenvalue weighted by atomic mass is 10.0. The summed E-state index contributed by atoms with van der Waals surface area (Å²) in [6, 6.07) is 5.64. The highest BCUT2D eigenvalue weighted by molar-refractivity contribution is 5.98. The second-order valence-electron chi connectivity index (χ2n) is 4.94. The first-order valence-electron chi connectivity index (χ1n) is 6.79. The highest BCUT2D eigenvalue weighted by atomic mass is 19.2. The van der Waals surface area contributed by atoms with Gasteiger partial charge in [0, 0.05) is 23.8 Å². The van der Waals surface area contributed by atoms with Crippen LogP contribution in [0.1, 0.15) is 0 Å². The van der Waals surface area contributed by atoms with E-state index in [1.54, 1.807) is 0 Å². The maximum atomic E-state index is 13.6. The third-order valence-electron chi connectivity index (χ3n) is 3.53. The van der Waals surface area contributed by atoms with Gasteiger partial charge in [0.25, 0.3) is 0 Å². The number of ether oxygens (including phenoxy) is 2. The molecule has 4 nitrogen and oxygen atoms in total. The van der Waals surface area contributed by atoms with E-state index in [4.69, 9.17) is 13.9 Å². The van der Waals surface area contributed by atoms with Crippen LogP contribution < -0.4 is 15.1 Å². The van der Waals surface area contributed by atoms with Gasteiger partial charge < -0.3 is 13.9 Å². The van der Waals surface area contributed by atoms with Crippen LogP contribution in [0.2, 0.25) is 0 Å². The molecule has 0 fully saturated rings. The average Bonchev–Trinajstić information content (AvgIpc) is 2.57. The van der Waals surface area contributed by atoms with Gasteiger partial charge in [-0.25, -0.2) is 18.0 Å². The molecule has 0 aliphatic rings. The molecule has 0 aliphatic carbocycles. The topological polar surface area (TPSA) is 48.7 Å². The summed E-state index contributed by atoms with van der Waals surface area (Å²) in [4.78, 5) is 11.8. The Labute approximate surface area is 134 Å². The van der Waals surface area contributed by atoms with Crippen LogP contribution in [0.15, 0.2) is 39.5 Å². The van der Waals surface area contributed by atoms with Crippen molar-refractivity contribution in [1.29, 1.82) is 0 Å². The zero-order chi connectivity index (χ0) is 17.4. The van der Waals surface area contributed by atoms with E-state index < -0.39 is 23.1 Å². The molecular formula is C17H11F3O4. The first-order chi connectivity index (χ1) is 11.4. The predicted octanol–water partition coefficient (Wildman–Crippen LogP) is 3.89. The molecule has 0 radical (unpaired) electrons. The van der Waals surface area contributed by atoms with E-state index in [0.29, 0.717) is 11.1 Å². The van der Waals surface area contributed by atoms with Crippen LogP contribution in [0.3, 0.4) is 0 Å². The highest BCUT2D eigenvalue weighted by Crippen LogP contribution is 2.38. The lowest BCUT2D eigenvalue weighted by Gasteiger charge is -2.12. The zero-order valence-corrected chi connectivity index (χ0v) is 12.7. The van der Waals surface area contributed by atoms with Crippen molar-refractivity contribution in [2.45, 2.75) is 0 Å². The Morgan fingerprint density at radius 2 is 1.58 bits per heavy atom. The SMILES string of the molecule is COc1cc(OC)c2c(-c3cc(F)c(F)c(F)c3)cc(=O)oc2c1. The van der Waals surface area contributed by atoms with Crippen molar-refractivity contribution in [2.75, 3.05) is 14.2 Å². The van der Waals surface area contributed by atoms with E-state index in [-0.39, 0.29) is 22.5 Å². The van der Waals surface area contributed by atoms with Gasteiger partial charge in [0.1, 0.15) is 17.1 Å². The van der Waals surface area contributed by atoms with Gasteiger partial charge in [-0.15, -0.1) is 0 Å². The van der Waals surface area contributed by atoms with Gasteiger partial charge >= 0.3 is 5.63 Å². The minimum absolute atomic E-state index is 0.0206. The molecule has 1 heterocycles. The van der Waals surface area contributed by atoms with Gasteiger partial charge in [0.05, 0.1) is 19.6 Å². The summed E-state index contributed by atoms with van der Waals surface area (Å²) in [6.45, 7) is 0. The molecule has 0 amide bonds. The van der Waals surface area contributed by atoms with Crippen molar-refractivity contribution in [3.05, 3.63) is 58.2 Å². The van der Waals surface area contributed by atoms with Gasteiger partial charge in [0.2, 0.25) is 0 Å². The van der Waals surface area contributed by atoms with Crippen molar-refractivity contribution in [2.24, 2.45) is 0 Å². The molecule has 1 aromatic heterocycles. The van der Waals surface area contributed by atoms with E-state index in [2.05, 4.69) is 0 Å². The summed E-state index contributed by atoms with van der Waals surface area (Å²) < 4.78 is 55.8. The second-order valence-corrected chi connectivity index (χ2v) is 4.94. The maximum Gasteiger partial charge on any atom is 0.336 e. The van der Waals surface area contributed by atoms with Crippen LogP contribution in [0.5, 0.6) is 11.5 Å². The molecular weight excluding hydrogens is 325 g/mol. The fraction of sp³-hybridized carbons (Fsp3) is 0.118. The monoisotopic (exact) mass is 336 g/mol. The molecule has 0 N–H and O–H groups in total. The van der Waals surface area contributed by atoms with Crippen molar-refractivity contribution >= 4 is 11.0 Å². The van der Waals surface area contributed by atoms with E-state index in [0.717, 1.165) is 18.2 Å². The van der Waals surface area contributed by atoms with E-state index in [1.165, 1.54) is 26.4 Å². The summed E-state index contributed by atoms with van der Waals surface area (Å²) in [7, 11) is 2.81. The van der Waals surface area contributed by atoms with Gasteiger partial charge in [-0.3, -0.25) is 0 Å². The first kappa shape index (κ1) is 15.9. The van der Waals surface area contributed by atoms with Gasteiger partial charge in [0.15, 0.2) is 17.5 Å². The number of rotatable bonds is 3. The normalized spacial score (nSPS) is 10.9. The molecule has 124 valence electrons. The molecule has 0 bridgehead atoms. The lowest BCUT2D eigenvalue weighted by molar-refractivity contribution is 0.396. The molecule has 2 aromatic carbocycles. The number of fused-ring (bicyclic) bond motifs is 1. The van der Waals surface area contributed by atoms with Gasteiger partial charge in [-0.1, -0.05) is 0 Å². The smallest absolute Gasteiger partial charge is 0.336 e. The van der Waals surface area contributed by atoms with Crippen molar-refractivity contribution in [1.82, 2.24) is 0 Å². The highest BCUT2D eigenvalue weighted by Gasteiger charge is 2.18. The Morgan fingerprint density at radius 3 is 2.17 bits per heavy atom. The van der Waals surface area contributed by atoms with E-state index in [9.17, 15) is 18.0 Å². The Balaban J connectivity index is 2.42. The molecule has 0 saturated heterocycles. The van der Waals surface area contributed by atoms with Crippen LogP contribution in [-0.2, 0) is 0 Å². The van der Waals surface area contributed by atoms with Crippen molar-refractivity contribution < 1.29 is 27.1 Å². The standard InChI is InChI=1S/C17H11F3O4/c1-22-9-5-13(23-2)16-10(7-15(21)24-14(16)6-9)8-3-11(18)17(20)12(19)4-8/h3-7H,1-2H3. The molecule has 0 aliphatic heterocycles. The van der Waals surface area contributed by atoms with Crippen molar-refractivity contribution in [3.8, 4) is 22.6 Å². The van der Waals surface area contributed by atoms with Crippen LogP contribution in [0.25, 0.3) is 22.1 Å². The third-order valence-corrected chi connectivity index (χ3v) is 3.53. The van der Waals surface area contributed by atoms with Crippen LogP contribution in [0.4, 0.5) is 13.2 Å². The average molecular weight is 336 g/mol. The molecule has 3 aromatic rings. The molecule has 24 heavy (non-hydrogen) atoms. The fourth-order valence-electron chi connectivity index (χ4n) is 2.46. The molecule has 7 heteroatoms. The molecule has 0 unspecified atom stereocenters. The summed E-state index contributed by atoms with van der Waals surface area (Å²) >= 11 is 0. The molecule has 0 saturated carbocycles. The Bertz CT molecular complexity index is 972. The van der Waals surface area contributed by atoms with E-state index in [1.807, 2.05) is 0 Å². The zero-order valence-electron chi connectivity index (χ0n) is 12.7. The minimum Gasteiger partial charge on any atom is -0.496 e. The predicted molar refractivity (Wildman–Crippen MR) is 80.9 cm³/mol. The largest absolute Gasteiger partial charge is 0.496 e. The van der Waals surface area contributed by atoms with Gasteiger partial charge in [-0.2, -0.15) is 0 Å². The molecule has 3 rings (SSSR count). The summed E-state index contributed by atoms with van der Waals surface area (Å²) in [5.41, 5.74) is -0.497. The number of hydrogen-bond donors (Lipinski definition) is 0. The quantitative estimate of drug-likeness (QED) is 0.538. The number of halogens is 3. The summed E-state index contributed by atoms with van der Waals surface area (Å²) in [5, 5.41) is 0.309. The maximum absolute atomic E-state index is 13.6. The Hall–Kier alpha value is -2.96. The molecule has 0 atom stereocenters. The minimum atomic E-state index is -1.58. The van der Waals surface area contributed by atoms with Crippen LogP contribution in [0, 0.1) is 17.5 Å². The number of hydrogen-bond acceptors (Lipinski definition) is 4. The van der Waals surface area contributed by atoms with Crippen molar-refractivity contribution in [3.63, 3.8) is 0 Å². The third kappa shape index (κ3) is 2.58. The second kappa shape index (κ2) is 5.92. The number of benzene rings is 2. The van der Waals surface area contributed by atoms with Gasteiger partial charge in [-0.05, 0) is 17.7 Å². The van der Waals surface area contributed by atoms with Crippen LogP contribution in [-0.4, -0.2) is 14.2 Å². The number of methoxy groups -OCH3 is 2. The lowest BCUT2D eigenvalue weighted by Crippen LogP contribution is -2.01. The van der Waals surface area contributed by atoms with E-state index >= 15 is 0 Å². The fourth-order valence-corrected chi connectivity index (χ4v) is 2.46. The first-order valence-corrected chi connectivity index (χ1v) is 6.79.